The van der Waals surface area contributed by atoms with E-state index in [-0.39, 0.29) is 0 Å². The summed E-state index contributed by atoms with van der Waals surface area (Å²) in [6.07, 6.45) is 8.33. The Hall–Kier alpha value is -0.370. The molecule has 0 spiro atoms. The normalized spacial score (nSPS) is 23.1. The fourth-order valence-corrected chi connectivity index (χ4v) is 2.87. The third-order valence-electron chi connectivity index (χ3n) is 3.25. The fraction of sp³-hybridized carbons (Fsp3) is 0.727. The van der Waals surface area contributed by atoms with Gasteiger partial charge in [0.15, 0.2) is 0 Å². The van der Waals surface area contributed by atoms with Crippen molar-refractivity contribution in [2.75, 3.05) is 0 Å². The monoisotopic (exact) mass is 193 g/mol. The quantitative estimate of drug-likeness (QED) is 0.717. The lowest BCUT2D eigenvalue weighted by molar-refractivity contribution is 0.412. The van der Waals surface area contributed by atoms with Gasteiger partial charge in [-0.1, -0.05) is 6.42 Å². The van der Waals surface area contributed by atoms with Crippen LogP contribution in [0, 0.1) is 5.92 Å². The molecule has 0 radical (unpaired) electrons. The molecule has 0 aliphatic heterocycles. The maximum atomic E-state index is 4.73. The Morgan fingerprint density at radius 1 is 1.31 bits per heavy atom. The van der Waals surface area contributed by atoms with E-state index in [1.54, 1.807) is 0 Å². The molecule has 1 aromatic rings. The van der Waals surface area contributed by atoms with Gasteiger partial charge in [-0.05, 0) is 31.6 Å². The highest BCUT2D eigenvalue weighted by Gasteiger charge is 2.25. The van der Waals surface area contributed by atoms with Gasteiger partial charge in [0.05, 0.1) is 10.7 Å². The summed E-state index contributed by atoms with van der Waals surface area (Å²) in [4.78, 5) is 4.73. The van der Waals surface area contributed by atoms with Crippen molar-refractivity contribution in [3.05, 3.63) is 16.1 Å². The predicted octanol–water partition coefficient (Wildman–Crippen LogP) is 3.36. The lowest BCUT2D eigenvalue weighted by atomic mass is 9.83. The second-order valence-corrected chi connectivity index (χ2v) is 5.38. The Morgan fingerprint density at radius 2 is 2.15 bits per heavy atom. The molecule has 3 rings (SSSR count). The van der Waals surface area contributed by atoms with Crippen LogP contribution >= 0.6 is 11.3 Å². The van der Waals surface area contributed by atoms with E-state index in [2.05, 4.69) is 5.38 Å². The van der Waals surface area contributed by atoms with Gasteiger partial charge in [0.1, 0.15) is 0 Å². The molecule has 0 aromatic carbocycles. The first-order valence-electron chi connectivity index (χ1n) is 5.36. The molecule has 0 atom stereocenters. The zero-order chi connectivity index (χ0) is 8.67. The molecular formula is C11H15NS. The van der Waals surface area contributed by atoms with Crippen LogP contribution in [0.25, 0.3) is 0 Å². The van der Waals surface area contributed by atoms with Crippen molar-refractivity contribution in [2.45, 2.75) is 44.4 Å². The van der Waals surface area contributed by atoms with Crippen molar-refractivity contribution in [3.8, 4) is 0 Å². The van der Waals surface area contributed by atoms with E-state index < -0.39 is 0 Å². The Morgan fingerprint density at radius 3 is 2.77 bits per heavy atom. The van der Waals surface area contributed by atoms with Crippen LogP contribution in [-0.4, -0.2) is 4.98 Å². The van der Waals surface area contributed by atoms with Gasteiger partial charge in [-0.2, -0.15) is 0 Å². The maximum absolute atomic E-state index is 4.73. The van der Waals surface area contributed by atoms with Gasteiger partial charge in [-0.15, -0.1) is 11.3 Å². The summed E-state index contributed by atoms with van der Waals surface area (Å²) in [5.41, 5.74) is 1.40. The average molecular weight is 193 g/mol. The van der Waals surface area contributed by atoms with Gasteiger partial charge in [-0.3, -0.25) is 0 Å². The molecule has 0 bridgehead atoms. The highest BCUT2D eigenvalue weighted by molar-refractivity contribution is 7.09. The molecular weight excluding hydrogens is 178 g/mol. The van der Waals surface area contributed by atoms with Crippen molar-refractivity contribution in [2.24, 2.45) is 5.92 Å². The summed E-state index contributed by atoms with van der Waals surface area (Å²) in [7, 11) is 0. The lowest BCUT2D eigenvalue weighted by Crippen LogP contribution is -2.08. The van der Waals surface area contributed by atoms with E-state index in [1.807, 2.05) is 11.3 Å². The lowest BCUT2D eigenvalue weighted by Gasteiger charge is -2.22. The van der Waals surface area contributed by atoms with E-state index in [9.17, 15) is 0 Å². The van der Waals surface area contributed by atoms with Crippen LogP contribution in [0.2, 0.25) is 0 Å². The molecule has 2 heteroatoms. The Balaban J connectivity index is 1.69. The second-order valence-electron chi connectivity index (χ2n) is 4.44. The minimum atomic E-state index is 0.823. The van der Waals surface area contributed by atoms with Crippen LogP contribution in [0.15, 0.2) is 5.38 Å². The maximum Gasteiger partial charge on any atom is 0.0931 e. The van der Waals surface area contributed by atoms with E-state index in [4.69, 9.17) is 4.98 Å². The standard InChI is InChI=1S/C11H15NS/c1-2-9(3-1)10-7-13-11(12-10)6-8-4-5-8/h7-9H,1-6H2. The first-order chi connectivity index (χ1) is 6.42. The van der Waals surface area contributed by atoms with Crippen LogP contribution < -0.4 is 0 Å². The van der Waals surface area contributed by atoms with Crippen LogP contribution in [0.4, 0.5) is 0 Å². The van der Waals surface area contributed by atoms with E-state index in [1.165, 1.54) is 49.2 Å². The number of hydrogen-bond donors (Lipinski definition) is 0. The highest BCUT2D eigenvalue weighted by atomic mass is 32.1. The molecule has 0 unspecified atom stereocenters. The van der Waals surface area contributed by atoms with Crippen LogP contribution in [0.5, 0.6) is 0 Å². The third kappa shape index (κ3) is 1.64. The van der Waals surface area contributed by atoms with Gasteiger partial charge in [-0.25, -0.2) is 4.98 Å². The number of rotatable bonds is 3. The van der Waals surface area contributed by atoms with Gasteiger partial charge >= 0.3 is 0 Å². The number of thiazole rings is 1. The molecule has 13 heavy (non-hydrogen) atoms. The van der Waals surface area contributed by atoms with Crippen molar-refractivity contribution >= 4 is 11.3 Å². The molecule has 2 aliphatic carbocycles. The Kier molecular flexibility index (Phi) is 1.90. The summed E-state index contributed by atoms with van der Waals surface area (Å²) >= 11 is 1.88. The van der Waals surface area contributed by atoms with Crippen molar-refractivity contribution in [1.82, 2.24) is 4.98 Å². The first kappa shape index (κ1) is 7.98. The summed E-state index contributed by atoms with van der Waals surface area (Å²) in [5, 5.41) is 3.69. The number of aromatic nitrogens is 1. The van der Waals surface area contributed by atoms with E-state index in [0.717, 1.165) is 11.8 Å². The molecule has 70 valence electrons. The zero-order valence-electron chi connectivity index (χ0n) is 7.83. The molecule has 1 aromatic heterocycles. The fourth-order valence-electron chi connectivity index (χ4n) is 1.88. The molecule has 0 amide bonds. The highest BCUT2D eigenvalue weighted by Crippen LogP contribution is 2.38. The summed E-state index contributed by atoms with van der Waals surface area (Å²) < 4.78 is 0. The van der Waals surface area contributed by atoms with Crippen molar-refractivity contribution in [1.29, 1.82) is 0 Å². The summed E-state index contributed by atoms with van der Waals surface area (Å²) in [6, 6.07) is 0. The predicted molar refractivity (Wildman–Crippen MR) is 55.1 cm³/mol. The number of nitrogens with zero attached hydrogens (tertiary/aromatic N) is 1. The largest absolute Gasteiger partial charge is 0.246 e. The average Bonchev–Trinajstić information content (AvgIpc) is 2.69. The first-order valence-corrected chi connectivity index (χ1v) is 6.24. The molecule has 1 heterocycles. The minimum absolute atomic E-state index is 0.823. The third-order valence-corrected chi connectivity index (χ3v) is 4.14. The number of hydrogen-bond acceptors (Lipinski definition) is 2. The molecule has 2 fully saturated rings. The van der Waals surface area contributed by atoms with Crippen molar-refractivity contribution < 1.29 is 0 Å². The molecule has 0 saturated heterocycles. The Labute approximate surface area is 83.2 Å². The molecule has 2 aliphatic rings. The second kappa shape index (κ2) is 3.09. The van der Waals surface area contributed by atoms with Crippen LogP contribution in [-0.2, 0) is 6.42 Å². The minimum Gasteiger partial charge on any atom is -0.246 e. The van der Waals surface area contributed by atoms with Crippen LogP contribution in [0.1, 0.15) is 48.7 Å². The molecule has 1 nitrogen and oxygen atoms in total. The molecule has 0 N–H and O–H groups in total. The topological polar surface area (TPSA) is 12.9 Å². The smallest absolute Gasteiger partial charge is 0.0931 e. The van der Waals surface area contributed by atoms with Gasteiger partial charge in [0.25, 0.3) is 0 Å². The van der Waals surface area contributed by atoms with Crippen LogP contribution in [0.3, 0.4) is 0 Å². The molecule has 2 saturated carbocycles. The zero-order valence-corrected chi connectivity index (χ0v) is 8.65. The van der Waals surface area contributed by atoms with Gasteiger partial charge < -0.3 is 0 Å². The Bertz CT molecular complexity index is 297. The van der Waals surface area contributed by atoms with Gasteiger partial charge in [0, 0.05) is 17.7 Å². The van der Waals surface area contributed by atoms with E-state index in [0.29, 0.717) is 0 Å². The van der Waals surface area contributed by atoms with Gasteiger partial charge in [0.2, 0.25) is 0 Å². The summed E-state index contributed by atoms with van der Waals surface area (Å²) in [5.74, 6) is 1.81. The summed E-state index contributed by atoms with van der Waals surface area (Å²) in [6.45, 7) is 0. The van der Waals surface area contributed by atoms with E-state index >= 15 is 0 Å². The van der Waals surface area contributed by atoms with Crippen molar-refractivity contribution in [3.63, 3.8) is 0 Å². The SMILES string of the molecule is c1sc(CC2CC2)nc1C1CCC1.